The number of methoxy groups -OCH3 is 2. The van der Waals surface area contributed by atoms with Crippen molar-refractivity contribution in [3.8, 4) is 11.5 Å². The Balaban J connectivity index is 1.21. The number of thiocarbonyl (C=S) groups is 1. The zero-order valence-electron chi connectivity index (χ0n) is 35.7. The molecule has 3 heterocycles. The summed E-state index contributed by atoms with van der Waals surface area (Å²) in [4.78, 5) is 51.3. The van der Waals surface area contributed by atoms with E-state index in [0.29, 0.717) is 36.7 Å². The average Bonchev–Trinajstić information content (AvgIpc) is 3.24. The number of esters is 4. The quantitative estimate of drug-likeness (QED) is 0.117. The lowest BCUT2D eigenvalue weighted by Gasteiger charge is -2.44. The van der Waals surface area contributed by atoms with Gasteiger partial charge >= 0.3 is 23.9 Å². The number of aliphatic hydroxyl groups is 1. The molecule has 3 aromatic carbocycles. The maximum absolute atomic E-state index is 12.4. The van der Waals surface area contributed by atoms with Crippen molar-refractivity contribution < 1.29 is 66.9 Å². The van der Waals surface area contributed by atoms with Gasteiger partial charge in [0.25, 0.3) is 0 Å². The van der Waals surface area contributed by atoms with Gasteiger partial charge in [-0.1, -0.05) is 48.6 Å². The maximum Gasteiger partial charge on any atom is 0.303 e. The van der Waals surface area contributed by atoms with E-state index in [4.69, 9.17) is 54.8 Å². The van der Waals surface area contributed by atoms with Gasteiger partial charge in [-0.2, -0.15) is 0 Å². The van der Waals surface area contributed by atoms with Gasteiger partial charge in [-0.15, -0.1) is 0 Å². The SMILES string of the molecule is COc1cc2c(cc1OC)CN(CC1CC(c3ccc(CO)cc3)OC(c3cccc(NC(=S)CC4OC(COC(C)=O)C(OC(C)=O)C(OC(C)=O)C4OC(C)=O)c3)O1)CC2. The highest BCUT2D eigenvalue weighted by atomic mass is 32.1. The van der Waals surface area contributed by atoms with Crippen LogP contribution in [0.1, 0.15) is 80.7 Å². The molecule has 0 aliphatic carbocycles. The predicted molar refractivity (Wildman–Crippen MR) is 226 cm³/mol. The first-order chi connectivity index (χ1) is 29.7. The second-order valence-corrected chi connectivity index (χ2v) is 15.9. The standard InChI is InChI=1S/C45H54N2O14S/c1-25(49)55-24-40-43(57-27(3)51)44(58-28(4)52)42(56-26(2)50)39(60-40)20-41(62)46-34-9-7-8-32(16-34)45-59-35(19-36(61-45)30-12-10-29(23-48)11-13-30)22-47-15-14-31-17-37(53-5)38(54-6)18-33(31)21-47/h7-13,16-18,35-36,39-40,42-45,48H,14-15,19-24H2,1-6H3,(H,46,62). The molecule has 17 heteroatoms. The van der Waals surface area contributed by atoms with Gasteiger partial charge in [-0.25, -0.2) is 0 Å². The summed E-state index contributed by atoms with van der Waals surface area (Å²) in [6, 6.07) is 19.2. The van der Waals surface area contributed by atoms with E-state index < -0.39 is 60.7 Å². The fourth-order valence-corrected chi connectivity index (χ4v) is 8.34. The van der Waals surface area contributed by atoms with E-state index in [1.54, 1.807) is 14.2 Å². The molecule has 2 fully saturated rings. The second-order valence-electron chi connectivity index (χ2n) is 15.4. The molecule has 3 aliphatic heterocycles. The minimum atomic E-state index is -1.31. The van der Waals surface area contributed by atoms with Gasteiger partial charge < -0.3 is 53.1 Å². The number of nitrogens with one attached hydrogen (secondary N) is 1. The van der Waals surface area contributed by atoms with Gasteiger partial charge in [0.1, 0.15) is 18.8 Å². The maximum atomic E-state index is 12.4. The summed E-state index contributed by atoms with van der Waals surface area (Å²) >= 11 is 5.81. The third-order valence-electron chi connectivity index (χ3n) is 10.8. The average molecular weight is 879 g/mol. The van der Waals surface area contributed by atoms with Crippen LogP contribution in [0.3, 0.4) is 0 Å². The summed E-state index contributed by atoms with van der Waals surface area (Å²) in [5, 5.41) is 12.9. The molecule has 2 N–H and O–H groups in total. The zero-order chi connectivity index (χ0) is 44.5. The van der Waals surface area contributed by atoms with Gasteiger partial charge in [-0.05, 0) is 52.9 Å². The van der Waals surface area contributed by atoms with Crippen LogP contribution in [-0.4, -0.2) is 109 Å². The van der Waals surface area contributed by atoms with Crippen molar-refractivity contribution in [2.75, 3.05) is 39.2 Å². The van der Waals surface area contributed by atoms with E-state index in [9.17, 15) is 24.3 Å². The number of fused-ring (bicyclic) bond motifs is 1. The van der Waals surface area contributed by atoms with E-state index in [1.165, 1.54) is 31.9 Å². The van der Waals surface area contributed by atoms with E-state index >= 15 is 0 Å². The summed E-state index contributed by atoms with van der Waals surface area (Å²) in [6.07, 6.45) is -5.82. The van der Waals surface area contributed by atoms with Crippen molar-refractivity contribution in [2.24, 2.45) is 0 Å². The largest absolute Gasteiger partial charge is 0.493 e. The minimum Gasteiger partial charge on any atom is -0.493 e. The molecule has 62 heavy (non-hydrogen) atoms. The topological polar surface area (TPSA) is 187 Å². The molecule has 0 saturated carbocycles. The summed E-state index contributed by atoms with van der Waals surface area (Å²) in [5.74, 6) is -1.36. The second kappa shape index (κ2) is 21.3. The van der Waals surface area contributed by atoms with Crippen LogP contribution in [0.15, 0.2) is 60.7 Å². The number of carbonyl (C=O) groups excluding carboxylic acids is 4. The lowest BCUT2D eigenvalue weighted by atomic mass is 9.92. The smallest absolute Gasteiger partial charge is 0.303 e. The Morgan fingerprint density at radius 3 is 2.05 bits per heavy atom. The van der Waals surface area contributed by atoms with Crippen LogP contribution in [0.25, 0.3) is 0 Å². The number of anilines is 1. The summed E-state index contributed by atoms with van der Waals surface area (Å²) < 4.78 is 52.7. The highest BCUT2D eigenvalue weighted by molar-refractivity contribution is 7.80. The number of hydrogen-bond donors (Lipinski definition) is 2. The van der Waals surface area contributed by atoms with Crippen LogP contribution in [0.2, 0.25) is 0 Å². The lowest BCUT2D eigenvalue weighted by molar-refractivity contribution is -0.253. The summed E-state index contributed by atoms with van der Waals surface area (Å²) in [6.45, 7) is 6.51. The van der Waals surface area contributed by atoms with Gasteiger partial charge in [0.15, 0.2) is 36.1 Å². The molecule has 8 unspecified atom stereocenters. The zero-order valence-corrected chi connectivity index (χ0v) is 36.5. The Morgan fingerprint density at radius 2 is 1.42 bits per heavy atom. The Hall–Kier alpha value is -5.17. The highest BCUT2D eigenvalue weighted by Crippen LogP contribution is 2.40. The first kappa shape index (κ1) is 46.3. The van der Waals surface area contributed by atoms with Crippen molar-refractivity contribution in [1.82, 2.24) is 4.90 Å². The van der Waals surface area contributed by atoms with Crippen molar-refractivity contribution in [2.45, 2.75) is 109 Å². The molecule has 3 aromatic rings. The van der Waals surface area contributed by atoms with Crippen LogP contribution in [0.5, 0.6) is 11.5 Å². The first-order valence-electron chi connectivity index (χ1n) is 20.4. The lowest BCUT2D eigenvalue weighted by Crippen LogP contribution is -2.62. The minimum absolute atomic E-state index is 0.0410. The van der Waals surface area contributed by atoms with Gasteiger partial charge in [-0.3, -0.25) is 24.1 Å². The molecule has 0 bridgehead atoms. The first-order valence-corrected chi connectivity index (χ1v) is 20.8. The fraction of sp³-hybridized carbons (Fsp3) is 0.489. The highest BCUT2D eigenvalue weighted by Gasteiger charge is 2.52. The summed E-state index contributed by atoms with van der Waals surface area (Å²) in [5.41, 5.74) is 5.49. The third-order valence-corrected chi connectivity index (χ3v) is 11.1. The number of hydrogen-bond acceptors (Lipinski definition) is 16. The number of ether oxygens (including phenoxy) is 9. The van der Waals surface area contributed by atoms with Crippen molar-refractivity contribution in [3.63, 3.8) is 0 Å². The molecule has 0 spiro atoms. The molecule has 3 aliphatic rings. The van der Waals surface area contributed by atoms with Gasteiger partial charge in [0.05, 0.1) is 38.0 Å². The van der Waals surface area contributed by atoms with Gasteiger partial charge in [0, 0.05) is 71.4 Å². The van der Waals surface area contributed by atoms with E-state index in [2.05, 4.69) is 16.3 Å². The molecular weight excluding hydrogens is 825 g/mol. The molecule has 16 nitrogen and oxygen atoms in total. The predicted octanol–water partition coefficient (Wildman–Crippen LogP) is 5.05. The Morgan fingerprint density at radius 1 is 0.774 bits per heavy atom. The fourth-order valence-electron chi connectivity index (χ4n) is 8.06. The van der Waals surface area contributed by atoms with Crippen LogP contribution in [0, 0.1) is 0 Å². The molecule has 334 valence electrons. The molecule has 6 rings (SSSR count). The molecule has 0 aromatic heterocycles. The van der Waals surface area contributed by atoms with Crippen molar-refractivity contribution >= 4 is 46.8 Å². The molecular formula is C45H54N2O14S. The number of carbonyl (C=O) groups is 4. The van der Waals surface area contributed by atoms with Gasteiger partial charge in [0.2, 0.25) is 0 Å². The number of rotatable bonds is 15. The number of nitrogens with zero attached hydrogens (tertiary/aromatic N) is 1. The Bertz CT molecular complexity index is 2080. The van der Waals surface area contributed by atoms with E-state index in [0.717, 1.165) is 36.6 Å². The molecule has 0 radical (unpaired) electrons. The van der Waals surface area contributed by atoms with Crippen molar-refractivity contribution in [3.05, 3.63) is 88.5 Å². The van der Waals surface area contributed by atoms with Crippen molar-refractivity contribution in [1.29, 1.82) is 0 Å². The van der Waals surface area contributed by atoms with Crippen LogP contribution in [0.4, 0.5) is 5.69 Å². The number of aliphatic hydroxyl groups excluding tert-OH is 1. The van der Waals surface area contributed by atoms with Crippen LogP contribution >= 0.6 is 12.2 Å². The summed E-state index contributed by atoms with van der Waals surface area (Å²) in [7, 11) is 3.27. The third kappa shape index (κ3) is 12.0. The monoisotopic (exact) mass is 878 g/mol. The molecule has 0 amide bonds. The van der Waals surface area contributed by atoms with E-state index in [-0.39, 0.29) is 36.8 Å². The molecule has 2 saturated heterocycles. The molecule has 8 atom stereocenters. The Labute approximate surface area is 366 Å². The van der Waals surface area contributed by atoms with Crippen LogP contribution < -0.4 is 14.8 Å². The van der Waals surface area contributed by atoms with E-state index in [1.807, 2.05) is 54.6 Å². The normalized spacial score (nSPS) is 24.8. The number of benzene rings is 3. The van der Waals surface area contributed by atoms with Crippen LogP contribution in [-0.2, 0) is 71.9 Å². The Kier molecular flexibility index (Phi) is 15.9.